The van der Waals surface area contributed by atoms with Crippen LogP contribution in [0.2, 0.25) is 0 Å². The predicted molar refractivity (Wildman–Crippen MR) is 78.5 cm³/mol. The zero-order valence-corrected chi connectivity index (χ0v) is 12.9. The Morgan fingerprint density at radius 1 is 1.26 bits per heavy atom. The lowest BCUT2D eigenvalue weighted by molar-refractivity contribution is -0.143. The summed E-state index contributed by atoms with van der Waals surface area (Å²) in [6.45, 7) is 8.03. The van der Waals surface area contributed by atoms with Crippen LogP contribution in [0.25, 0.3) is 0 Å². The Morgan fingerprint density at radius 3 is 2.37 bits per heavy atom. The van der Waals surface area contributed by atoms with Crippen molar-refractivity contribution in [1.82, 2.24) is 0 Å². The summed E-state index contributed by atoms with van der Waals surface area (Å²) in [6, 6.07) is 6.18. The van der Waals surface area contributed by atoms with Gasteiger partial charge in [0.1, 0.15) is 0 Å². The molecule has 0 amide bonds. The highest BCUT2D eigenvalue weighted by molar-refractivity contribution is 7.84. The molecule has 1 rings (SSSR count). The van der Waals surface area contributed by atoms with Crippen LogP contribution in [0.5, 0.6) is 0 Å². The van der Waals surface area contributed by atoms with Crippen LogP contribution < -0.4 is 0 Å². The molecular weight excluding hydrogens is 260 g/mol. The molecule has 1 aromatic rings. The van der Waals surface area contributed by atoms with Crippen LogP contribution in [-0.2, 0) is 26.1 Å². The molecule has 0 bridgehead atoms. The molecule has 4 heteroatoms. The lowest BCUT2D eigenvalue weighted by Crippen LogP contribution is -2.19. The lowest BCUT2D eigenvalue weighted by atomic mass is 10.1. The Morgan fingerprint density at radius 2 is 1.84 bits per heavy atom. The fourth-order valence-electron chi connectivity index (χ4n) is 2.01. The molecule has 0 saturated heterocycles. The molecular formula is C15H22O3S. The van der Waals surface area contributed by atoms with Crippen LogP contribution in [-0.4, -0.2) is 22.0 Å². The van der Waals surface area contributed by atoms with Crippen LogP contribution in [0, 0.1) is 13.8 Å². The second-order valence-electron chi connectivity index (χ2n) is 4.84. The summed E-state index contributed by atoms with van der Waals surface area (Å²) < 4.78 is 17.1. The number of carbonyl (C=O) groups excluding carboxylic acids is 1. The number of rotatable bonds is 6. The Kier molecular flexibility index (Phi) is 6.22. The largest absolute Gasteiger partial charge is 0.466 e. The van der Waals surface area contributed by atoms with Crippen molar-refractivity contribution < 1.29 is 13.7 Å². The summed E-state index contributed by atoms with van der Waals surface area (Å²) in [5, 5.41) is -0.181. The first kappa shape index (κ1) is 15.9. The summed E-state index contributed by atoms with van der Waals surface area (Å²) in [4.78, 5) is 11.4. The van der Waals surface area contributed by atoms with Crippen molar-refractivity contribution in [3.05, 3.63) is 34.9 Å². The van der Waals surface area contributed by atoms with E-state index in [1.807, 2.05) is 32.9 Å². The Balaban J connectivity index is 2.61. The minimum Gasteiger partial charge on any atom is -0.466 e. The lowest BCUT2D eigenvalue weighted by Gasteiger charge is -2.11. The molecule has 19 heavy (non-hydrogen) atoms. The van der Waals surface area contributed by atoms with Crippen molar-refractivity contribution >= 4 is 16.8 Å². The van der Waals surface area contributed by atoms with Gasteiger partial charge in [-0.3, -0.25) is 9.00 Å². The van der Waals surface area contributed by atoms with E-state index in [0.717, 1.165) is 5.56 Å². The van der Waals surface area contributed by atoms with Gasteiger partial charge in [-0.2, -0.15) is 0 Å². The van der Waals surface area contributed by atoms with Crippen LogP contribution in [0.1, 0.15) is 37.0 Å². The van der Waals surface area contributed by atoms with Gasteiger partial charge in [0, 0.05) is 21.8 Å². The van der Waals surface area contributed by atoms with Gasteiger partial charge in [0.2, 0.25) is 0 Å². The maximum atomic E-state index is 12.2. The topological polar surface area (TPSA) is 43.4 Å². The molecule has 0 aliphatic carbocycles. The minimum absolute atomic E-state index is 0.181. The third-order valence-electron chi connectivity index (χ3n) is 2.80. The van der Waals surface area contributed by atoms with E-state index in [-0.39, 0.29) is 17.6 Å². The second kappa shape index (κ2) is 7.43. The first-order valence-corrected chi connectivity index (χ1v) is 7.90. The molecule has 3 nitrogen and oxygen atoms in total. The van der Waals surface area contributed by atoms with E-state index in [4.69, 9.17) is 4.74 Å². The fraction of sp³-hybridized carbons (Fsp3) is 0.533. The van der Waals surface area contributed by atoms with E-state index in [0.29, 0.717) is 12.4 Å². The highest BCUT2D eigenvalue weighted by atomic mass is 32.2. The van der Waals surface area contributed by atoms with Gasteiger partial charge in [-0.15, -0.1) is 0 Å². The molecule has 2 atom stereocenters. The molecule has 0 aliphatic rings. The first-order valence-electron chi connectivity index (χ1n) is 6.52. The van der Waals surface area contributed by atoms with Crippen molar-refractivity contribution in [2.45, 2.75) is 45.1 Å². The highest BCUT2D eigenvalue weighted by Crippen LogP contribution is 2.14. The zero-order valence-electron chi connectivity index (χ0n) is 12.1. The van der Waals surface area contributed by atoms with Crippen molar-refractivity contribution in [1.29, 1.82) is 0 Å². The van der Waals surface area contributed by atoms with E-state index in [1.54, 1.807) is 6.92 Å². The number of ether oxygens (including phenoxy) is 1. The van der Waals surface area contributed by atoms with Crippen molar-refractivity contribution in [3.8, 4) is 0 Å². The first-order chi connectivity index (χ1) is 8.92. The molecule has 0 fully saturated rings. The van der Waals surface area contributed by atoms with Gasteiger partial charge in [0.15, 0.2) is 0 Å². The summed E-state index contributed by atoms with van der Waals surface area (Å²) in [5.74, 6) is 0.215. The number of esters is 1. The molecule has 0 N–H and O–H groups in total. The molecule has 0 aliphatic heterocycles. The Hall–Kier alpha value is -1.16. The second-order valence-corrected chi connectivity index (χ2v) is 6.70. The number of hydrogen-bond acceptors (Lipinski definition) is 3. The highest BCUT2D eigenvalue weighted by Gasteiger charge is 2.16. The van der Waals surface area contributed by atoms with Gasteiger partial charge in [0.05, 0.1) is 13.0 Å². The zero-order chi connectivity index (χ0) is 14.4. The summed E-state index contributed by atoms with van der Waals surface area (Å²) in [6.07, 6.45) is 0.214. The van der Waals surface area contributed by atoms with Gasteiger partial charge >= 0.3 is 5.97 Å². The monoisotopic (exact) mass is 282 g/mol. The standard InChI is InChI=1S/C15H22O3S/c1-5-18-15(16)9-13(4)19(17)10-14-7-11(2)6-12(3)8-14/h6-8,13H,5,9-10H2,1-4H3. The van der Waals surface area contributed by atoms with Crippen LogP contribution >= 0.6 is 0 Å². The van der Waals surface area contributed by atoms with Gasteiger partial charge in [-0.05, 0) is 26.3 Å². The molecule has 106 valence electrons. The average Bonchev–Trinajstić information content (AvgIpc) is 2.27. The summed E-state index contributed by atoms with van der Waals surface area (Å²) in [5.41, 5.74) is 3.40. The molecule has 1 aromatic carbocycles. The van der Waals surface area contributed by atoms with Gasteiger partial charge in [-0.1, -0.05) is 36.2 Å². The maximum absolute atomic E-state index is 12.2. The molecule has 0 saturated carbocycles. The third-order valence-corrected chi connectivity index (χ3v) is 4.48. The third kappa shape index (κ3) is 5.55. The number of aryl methyl sites for hydroxylation is 2. The smallest absolute Gasteiger partial charge is 0.306 e. The Labute approximate surface area is 117 Å². The maximum Gasteiger partial charge on any atom is 0.306 e. The van der Waals surface area contributed by atoms with Gasteiger partial charge < -0.3 is 4.74 Å². The molecule has 0 heterocycles. The van der Waals surface area contributed by atoms with E-state index in [1.165, 1.54) is 11.1 Å². The molecule has 0 radical (unpaired) electrons. The normalized spacial score (nSPS) is 13.9. The molecule has 0 spiro atoms. The molecule has 2 unspecified atom stereocenters. The van der Waals surface area contributed by atoms with Crippen molar-refractivity contribution in [2.24, 2.45) is 0 Å². The molecule has 0 aromatic heterocycles. The predicted octanol–water partition coefficient (Wildman–Crippen LogP) is 2.89. The Bertz CT molecular complexity index is 448. The van der Waals surface area contributed by atoms with E-state index in [9.17, 15) is 9.00 Å². The van der Waals surface area contributed by atoms with Crippen LogP contribution in [0.4, 0.5) is 0 Å². The number of carbonyl (C=O) groups is 1. The van der Waals surface area contributed by atoms with Gasteiger partial charge in [-0.25, -0.2) is 0 Å². The van der Waals surface area contributed by atoms with E-state index >= 15 is 0 Å². The number of benzene rings is 1. The fourth-order valence-corrected chi connectivity index (χ4v) is 3.11. The summed E-state index contributed by atoms with van der Waals surface area (Å²) >= 11 is 0. The summed E-state index contributed by atoms with van der Waals surface area (Å²) in [7, 11) is -1.06. The van der Waals surface area contributed by atoms with Crippen molar-refractivity contribution in [2.75, 3.05) is 6.61 Å². The SMILES string of the molecule is CCOC(=O)CC(C)S(=O)Cc1cc(C)cc(C)c1. The van der Waals surface area contributed by atoms with Crippen LogP contribution in [0.3, 0.4) is 0 Å². The average molecular weight is 282 g/mol. The van der Waals surface area contributed by atoms with Crippen LogP contribution in [0.15, 0.2) is 18.2 Å². The van der Waals surface area contributed by atoms with E-state index < -0.39 is 10.8 Å². The van der Waals surface area contributed by atoms with E-state index in [2.05, 4.69) is 6.07 Å². The number of hydrogen-bond donors (Lipinski definition) is 0. The van der Waals surface area contributed by atoms with Crippen molar-refractivity contribution in [3.63, 3.8) is 0 Å². The minimum atomic E-state index is -1.06. The quantitative estimate of drug-likeness (QED) is 0.754. The van der Waals surface area contributed by atoms with Gasteiger partial charge in [0.25, 0.3) is 0 Å².